The summed E-state index contributed by atoms with van der Waals surface area (Å²) in [5.74, 6) is -0.283. The quantitative estimate of drug-likeness (QED) is 0.201. The minimum atomic E-state index is -4.75. The van der Waals surface area contributed by atoms with E-state index in [1.54, 1.807) is 12.1 Å². The Morgan fingerprint density at radius 2 is 1.08 bits per heavy atom. The monoisotopic (exact) mass is 548 g/mol. The molecule has 180 valence electrons. The fourth-order valence-electron chi connectivity index (χ4n) is 4.47. The molecule has 4 aromatic carbocycles. The van der Waals surface area contributed by atoms with Gasteiger partial charge < -0.3 is 4.74 Å². The van der Waals surface area contributed by atoms with Gasteiger partial charge in [0.1, 0.15) is 17.0 Å². The van der Waals surface area contributed by atoms with E-state index < -0.39 is 11.9 Å². The molecular formula is C29H20BrF3N2O. The standard InChI is InChI=1S/C29H20BrF3N2O/c30-26-20-35(34-27(26)21-16-18-25(19-17-21)36-29(31,32)33)28(22-10-4-1-5-11-22,23-12-6-2-7-13-23)24-14-8-3-9-15-24/h1-20H. The molecule has 0 aliphatic heterocycles. The molecule has 0 spiro atoms. The summed E-state index contributed by atoms with van der Waals surface area (Å²) in [4.78, 5) is 0. The highest BCUT2D eigenvalue weighted by molar-refractivity contribution is 9.10. The minimum absolute atomic E-state index is 0.283. The first kappa shape index (κ1) is 23.9. The number of rotatable bonds is 6. The number of ether oxygens (including phenoxy) is 1. The van der Waals surface area contributed by atoms with E-state index in [2.05, 4.69) is 57.1 Å². The van der Waals surface area contributed by atoms with Crippen LogP contribution in [0.3, 0.4) is 0 Å². The van der Waals surface area contributed by atoms with Crippen LogP contribution < -0.4 is 4.74 Å². The van der Waals surface area contributed by atoms with Gasteiger partial charge in [0, 0.05) is 11.8 Å². The molecule has 1 heterocycles. The molecule has 5 rings (SSSR count). The summed E-state index contributed by atoms with van der Waals surface area (Å²) in [6.45, 7) is 0. The number of hydrogen-bond donors (Lipinski definition) is 0. The van der Waals surface area contributed by atoms with E-state index in [0.29, 0.717) is 15.7 Å². The first-order valence-electron chi connectivity index (χ1n) is 11.2. The molecule has 3 nitrogen and oxygen atoms in total. The normalized spacial score (nSPS) is 11.9. The van der Waals surface area contributed by atoms with Crippen molar-refractivity contribution in [3.05, 3.63) is 143 Å². The summed E-state index contributed by atoms with van der Waals surface area (Å²) in [6, 6.07) is 36.0. The Bertz CT molecular complexity index is 1340. The Morgan fingerprint density at radius 1 is 0.639 bits per heavy atom. The van der Waals surface area contributed by atoms with Crippen LogP contribution in [0.2, 0.25) is 0 Å². The van der Waals surface area contributed by atoms with Crippen molar-refractivity contribution in [2.24, 2.45) is 0 Å². The first-order chi connectivity index (χ1) is 17.4. The number of aromatic nitrogens is 2. The van der Waals surface area contributed by atoms with Crippen LogP contribution in [0, 0.1) is 0 Å². The maximum absolute atomic E-state index is 12.6. The maximum atomic E-state index is 12.6. The van der Waals surface area contributed by atoms with E-state index in [-0.39, 0.29) is 5.75 Å². The Kier molecular flexibility index (Phi) is 6.41. The van der Waals surface area contributed by atoms with Gasteiger partial charge in [-0.05, 0) is 56.9 Å². The highest BCUT2D eigenvalue weighted by Crippen LogP contribution is 2.42. The molecule has 0 radical (unpaired) electrons. The summed E-state index contributed by atoms with van der Waals surface area (Å²) in [7, 11) is 0. The molecule has 0 N–H and O–H groups in total. The largest absolute Gasteiger partial charge is 0.573 e. The van der Waals surface area contributed by atoms with Gasteiger partial charge in [-0.2, -0.15) is 5.10 Å². The SMILES string of the molecule is FC(F)(F)Oc1ccc(-c2nn(C(c3ccccc3)(c3ccccc3)c3ccccc3)cc2Br)cc1. The summed E-state index contributed by atoms with van der Waals surface area (Å²) in [5.41, 5.74) is 3.48. The van der Waals surface area contributed by atoms with Gasteiger partial charge >= 0.3 is 6.36 Å². The van der Waals surface area contributed by atoms with Gasteiger partial charge in [0.05, 0.1) is 4.47 Å². The van der Waals surface area contributed by atoms with Gasteiger partial charge in [0.15, 0.2) is 0 Å². The molecule has 0 fully saturated rings. The number of halogens is 4. The van der Waals surface area contributed by atoms with E-state index in [1.807, 2.05) is 65.5 Å². The highest BCUT2D eigenvalue weighted by atomic mass is 79.9. The van der Waals surface area contributed by atoms with Crippen molar-refractivity contribution in [2.75, 3.05) is 0 Å². The topological polar surface area (TPSA) is 27.1 Å². The third-order valence-corrected chi connectivity index (χ3v) is 6.53. The van der Waals surface area contributed by atoms with Crippen molar-refractivity contribution in [1.29, 1.82) is 0 Å². The molecular weight excluding hydrogens is 529 g/mol. The molecule has 1 aromatic heterocycles. The van der Waals surface area contributed by atoms with Crippen molar-refractivity contribution >= 4 is 15.9 Å². The fourth-order valence-corrected chi connectivity index (χ4v) is 4.97. The summed E-state index contributed by atoms with van der Waals surface area (Å²) in [6.07, 6.45) is -2.84. The zero-order valence-corrected chi connectivity index (χ0v) is 20.4. The maximum Gasteiger partial charge on any atom is 0.573 e. The average molecular weight is 549 g/mol. The van der Waals surface area contributed by atoms with Crippen molar-refractivity contribution < 1.29 is 17.9 Å². The van der Waals surface area contributed by atoms with E-state index in [9.17, 15) is 13.2 Å². The highest BCUT2D eigenvalue weighted by Gasteiger charge is 2.40. The molecule has 0 aliphatic rings. The van der Waals surface area contributed by atoms with E-state index in [1.165, 1.54) is 12.1 Å². The summed E-state index contributed by atoms with van der Waals surface area (Å²) < 4.78 is 44.4. The van der Waals surface area contributed by atoms with Gasteiger partial charge in [-0.3, -0.25) is 4.68 Å². The van der Waals surface area contributed by atoms with E-state index in [0.717, 1.165) is 16.7 Å². The number of nitrogens with zero attached hydrogens (tertiary/aromatic N) is 2. The van der Waals surface area contributed by atoms with Crippen LogP contribution in [0.5, 0.6) is 5.75 Å². The van der Waals surface area contributed by atoms with Crippen LogP contribution in [-0.2, 0) is 5.54 Å². The minimum Gasteiger partial charge on any atom is -0.406 e. The molecule has 0 unspecified atom stereocenters. The predicted octanol–water partition coefficient (Wildman–Crippen LogP) is 8.05. The zero-order chi connectivity index (χ0) is 25.2. The lowest BCUT2D eigenvalue weighted by atomic mass is 9.77. The predicted molar refractivity (Wildman–Crippen MR) is 137 cm³/mol. The van der Waals surface area contributed by atoms with Crippen LogP contribution in [-0.4, -0.2) is 16.1 Å². The molecule has 0 saturated heterocycles. The lowest BCUT2D eigenvalue weighted by molar-refractivity contribution is -0.274. The van der Waals surface area contributed by atoms with Crippen molar-refractivity contribution in [1.82, 2.24) is 9.78 Å². The molecule has 36 heavy (non-hydrogen) atoms. The Morgan fingerprint density at radius 3 is 1.50 bits per heavy atom. The Hall–Kier alpha value is -3.84. The van der Waals surface area contributed by atoms with Gasteiger partial charge in [-0.25, -0.2) is 0 Å². The van der Waals surface area contributed by atoms with Gasteiger partial charge in [0.25, 0.3) is 0 Å². The molecule has 7 heteroatoms. The Balaban J connectivity index is 1.71. The lowest BCUT2D eigenvalue weighted by Gasteiger charge is -2.36. The molecule has 5 aromatic rings. The molecule has 0 aliphatic carbocycles. The van der Waals surface area contributed by atoms with E-state index in [4.69, 9.17) is 5.10 Å². The van der Waals surface area contributed by atoms with E-state index >= 15 is 0 Å². The van der Waals surface area contributed by atoms with Crippen molar-refractivity contribution in [3.8, 4) is 17.0 Å². The average Bonchev–Trinajstić information content (AvgIpc) is 3.27. The summed E-state index contributed by atoms with van der Waals surface area (Å²) in [5, 5.41) is 4.99. The van der Waals surface area contributed by atoms with Crippen LogP contribution in [0.25, 0.3) is 11.3 Å². The van der Waals surface area contributed by atoms with Gasteiger partial charge in [-0.15, -0.1) is 13.2 Å². The smallest absolute Gasteiger partial charge is 0.406 e. The molecule has 0 amide bonds. The van der Waals surface area contributed by atoms with Crippen LogP contribution >= 0.6 is 15.9 Å². The second-order valence-corrected chi connectivity index (χ2v) is 9.01. The molecule has 0 saturated carbocycles. The lowest BCUT2D eigenvalue weighted by Crippen LogP contribution is -2.38. The second kappa shape index (κ2) is 9.66. The third-order valence-electron chi connectivity index (χ3n) is 5.95. The van der Waals surface area contributed by atoms with Crippen molar-refractivity contribution in [3.63, 3.8) is 0 Å². The first-order valence-corrected chi connectivity index (χ1v) is 12.0. The molecule has 0 atom stereocenters. The number of alkyl halides is 3. The van der Waals surface area contributed by atoms with Gasteiger partial charge in [0.2, 0.25) is 0 Å². The zero-order valence-electron chi connectivity index (χ0n) is 18.9. The van der Waals surface area contributed by atoms with Gasteiger partial charge in [-0.1, -0.05) is 91.0 Å². The molecule has 0 bridgehead atoms. The van der Waals surface area contributed by atoms with Crippen LogP contribution in [0.1, 0.15) is 16.7 Å². The fraction of sp³-hybridized carbons (Fsp3) is 0.0690. The van der Waals surface area contributed by atoms with Crippen molar-refractivity contribution in [2.45, 2.75) is 11.9 Å². The number of benzene rings is 4. The van der Waals surface area contributed by atoms with Crippen LogP contribution in [0.15, 0.2) is 126 Å². The van der Waals surface area contributed by atoms with Crippen LogP contribution in [0.4, 0.5) is 13.2 Å². The summed E-state index contributed by atoms with van der Waals surface area (Å²) >= 11 is 3.64. The Labute approximate surface area is 214 Å². The third kappa shape index (κ3) is 4.54. The second-order valence-electron chi connectivity index (χ2n) is 8.15. The number of hydrogen-bond acceptors (Lipinski definition) is 2.